The highest BCUT2D eigenvalue weighted by atomic mass is 32.1. The van der Waals surface area contributed by atoms with E-state index in [0.717, 1.165) is 9.60 Å². The molecule has 3 aromatic heterocycles. The number of allylic oxidation sites excluding steroid dienone is 3. The maximum absolute atomic E-state index is 16.2. The number of carbonyl (C=O) groups excluding carboxylic acids is 17. The molecule has 5 bridgehead atoms. The first kappa shape index (κ1) is 115. The van der Waals surface area contributed by atoms with Gasteiger partial charge in [0.1, 0.15) is 88.3 Å². The summed E-state index contributed by atoms with van der Waals surface area (Å²) in [6.45, 7) is 9.41. The number of nitrogens with two attached hydrogens (primary N) is 1. The highest BCUT2D eigenvalue weighted by molar-refractivity contribution is 7.17. The highest BCUT2D eigenvalue weighted by Crippen LogP contribution is 2.36. The van der Waals surface area contributed by atoms with Gasteiger partial charge in [0.25, 0.3) is 5.91 Å². The van der Waals surface area contributed by atoms with E-state index >= 15 is 43.2 Å². The molecule has 808 valence electrons. The normalized spacial score (nSPS) is 26.3. The molecule has 0 unspecified atom stereocenters. The number of nitrogens with zero attached hydrogens (tertiary/aromatic N) is 5. The molecule has 8 heterocycles. The molecule has 0 saturated carbocycles. The third kappa shape index (κ3) is 32.3. The number of ether oxygens (including phenoxy) is 3. The average molecular weight is 2120 g/mol. The quantitative estimate of drug-likeness (QED) is 0.0461. The van der Waals surface area contributed by atoms with Crippen LogP contribution in [0.25, 0.3) is 10.1 Å². The van der Waals surface area contributed by atoms with Crippen molar-refractivity contribution in [2.45, 2.75) is 298 Å². The van der Waals surface area contributed by atoms with E-state index in [1.165, 1.54) is 97.3 Å². The lowest BCUT2D eigenvalue weighted by Crippen LogP contribution is -2.66. The first-order chi connectivity index (χ1) is 71.2. The second-order valence-corrected chi connectivity index (χ2v) is 41.9. The van der Waals surface area contributed by atoms with E-state index < -0.39 is 245 Å². The summed E-state index contributed by atoms with van der Waals surface area (Å²) >= 11 is 2.59. The zero-order valence-electron chi connectivity index (χ0n) is 84.9. The summed E-state index contributed by atoms with van der Waals surface area (Å²) in [5.74, 6) is -21.0. The Hall–Kier alpha value is -14.9. The van der Waals surface area contributed by atoms with Gasteiger partial charge in [0.05, 0.1) is 51.0 Å². The predicted molar refractivity (Wildman–Crippen MR) is 543 cm³/mol. The minimum Gasteiger partial charge on any atom is -0.481 e. The number of thiophene rings is 2. The van der Waals surface area contributed by atoms with Crippen molar-refractivity contribution in [3.8, 4) is 0 Å². The second-order valence-electron chi connectivity index (χ2n) is 40.2. The molecule has 0 radical (unpaired) electrons. The number of aryl methyl sites for hydroxylation is 1. The fourth-order valence-corrected chi connectivity index (χ4v) is 20.1. The smallest absolute Gasteiger partial charge is 0.409 e. The standard InChI is InChI=1S/C103H133N19O26S2/c1-60(82(104)128)105-91(137)78-56-146-55-68-54-121(119-118-68)41-24-20-33-70-88(134)117-102(96(143)112-72(49-65-35-45-149-57-65)85(131)110-76(93(140)148-78)50-67-58-150-79-34-19-18-32-69(67)79)40-43-120(59-102)98(145)147-44-25-14-10-9-11-21-36-101(37-22-12-13-23-38-103(39-27-42-122(103)62(3)123)97(144)114-75(52-81(126)127)87(133)111-77(90(136)116-101)53-99(4,5)6)95(142)113-74(51-80(124)125)86(132)109-73(48-64-30-26-31-66(46-64)92(138)139)89(135)115-100(7,8)94(141)106-61(2)83(129)108-71(84(130)107-70)47-63-28-16-15-17-29-63/h9-10,13,15-19,23,26,28-32,34-35,45-46,54,57-58,60-61,70-78H,11-12,14,20-22,24-25,27,33,36-44,47-53,55-56,59H2,1-8H3,(H2,104,128)(H,105,137)(H,106,141)(H,107,130)(H,108,129)(H,109,132)(H,110,131)(H,111,133)(H,112,143)(H,113,142)(H,114,144)(H,115,135)(H,116,136)(H,117,134)(H,124,125)(H,126,127)(H,138,139)/b10-9+,23-13+/t60-,61-,70-,71-,72-,73-,74-,75-,76-,77-,78-,101-,102-,103-/m0/s1. The van der Waals surface area contributed by atoms with Crippen molar-refractivity contribution in [2.24, 2.45) is 11.1 Å². The SMILES string of the molecule is CC(=O)N1CCC[C@]12C/C=C/CCC[C@]1(CCC/C=C/CCCOC(=O)N3CC[C@@]4(C3)NC(=O)[C@H](CCCCn3cc(nn3)COC[C@@H](C(=O)N[C@@H](C)C(N)=O)OC(=O)[C@H](Cc3csc5ccccc35)NC(=O)[C@H](Cc3ccsc3)NC4=O)NC(=O)[C@H](Cc3ccccc3)NC(=O)[C@H](C)NC(=O)C(C)(C)NC(=O)[C@H](Cc3cccc(C(=O)O)c3)NC(=O)[C@H](CC(=O)O)NC1=O)NC(=O)[C@H](CC(C)(C)C)NC(=O)[C@H](CC(=O)O)NC2=O. The topological polar surface area (TPSA) is 649 Å². The molecule has 6 aromatic rings. The maximum Gasteiger partial charge on any atom is 0.409 e. The van der Waals surface area contributed by atoms with Crippen LogP contribution < -0.4 is 74.9 Å². The molecular formula is C103H133N19O26S2. The van der Waals surface area contributed by atoms with Crippen molar-refractivity contribution < 1.29 is 125 Å². The molecule has 11 rings (SSSR count). The zero-order valence-corrected chi connectivity index (χ0v) is 86.6. The number of carbonyl (C=O) groups is 20. The number of nitrogens with one attached hydrogen (secondary N) is 13. The minimum atomic E-state index is -2.24. The number of primary amides is 1. The summed E-state index contributed by atoms with van der Waals surface area (Å²) < 4.78 is 20.1. The zero-order chi connectivity index (χ0) is 109. The molecule has 16 amide bonds. The number of esters is 1. The third-order valence-corrected chi connectivity index (χ3v) is 28.4. The van der Waals surface area contributed by atoms with Gasteiger partial charge in [-0.3, -0.25) is 86.2 Å². The van der Waals surface area contributed by atoms with Gasteiger partial charge in [-0.05, 0) is 204 Å². The number of aromatic nitrogens is 3. The summed E-state index contributed by atoms with van der Waals surface area (Å²) in [7, 11) is 0. The molecule has 5 aliphatic rings. The molecule has 2 fully saturated rings. The van der Waals surface area contributed by atoms with Gasteiger partial charge >= 0.3 is 30.0 Å². The summed E-state index contributed by atoms with van der Waals surface area (Å²) in [6, 6.07) is 5.31. The van der Waals surface area contributed by atoms with Crippen LogP contribution in [0, 0.1) is 5.41 Å². The van der Waals surface area contributed by atoms with Crippen LogP contribution in [0.4, 0.5) is 4.79 Å². The Bertz CT molecular complexity index is 6000. The van der Waals surface area contributed by atoms with Crippen LogP contribution in [0.3, 0.4) is 0 Å². The lowest BCUT2D eigenvalue weighted by molar-refractivity contribution is -0.163. The van der Waals surface area contributed by atoms with Gasteiger partial charge in [-0.2, -0.15) is 11.3 Å². The number of cyclic esters (lactones) is 2. The van der Waals surface area contributed by atoms with E-state index in [1.807, 2.05) is 12.1 Å². The van der Waals surface area contributed by atoms with Crippen LogP contribution in [0.15, 0.2) is 132 Å². The minimum absolute atomic E-state index is 0.00353. The Kier molecular flexibility index (Phi) is 40.6. The summed E-state index contributed by atoms with van der Waals surface area (Å²) in [4.78, 5) is 296. The predicted octanol–water partition coefficient (Wildman–Crippen LogP) is 3.07. The molecule has 0 aliphatic carbocycles. The Morgan fingerprint density at radius 2 is 1.16 bits per heavy atom. The number of fused-ring (bicyclic) bond motifs is 6. The number of aliphatic carboxylic acids is 2. The number of rotatable bonds is 17. The molecule has 5 aliphatic heterocycles. The van der Waals surface area contributed by atoms with Crippen LogP contribution in [0.1, 0.15) is 209 Å². The number of amides is 16. The fourth-order valence-electron chi connectivity index (χ4n) is 18.5. The number of likely N-dealkylation sites (tertiary alicyclic amines) is 1. The van der Waals surface area contributed by atoms with Gasteiger partial charge < -0.3 is 114 Å². The van der Waals surface area contributed by atoms with E-state index in [9.17, 15) is 68.1 Å². The average Bonchev–Trinajstić information content (AvgIpc) is 1.63. The number of hydrogen-bond acceptors (Lipinski definition) is 27. The van der Waals surface area contributed by atoms with E-state index in [4.69, 9.17) is 19.9 Å². The van der Waals surface area contributed by atoms with Gasteiger partial charge in [-0.15, -0.1) is 16.4 Å². The number of carboxylic acids is 3. The van der Waals surface area contributed by atoms with Gasteiger partial charge in [-0.1, -0.05) is 111 Å². The maximum atomic E-state index is 16.2. The van der Waals surface area contributed by atoms with Gasteiger partial charge in [0.2, 0.25) is 88.8 Å². The summed E-state index contributed by atoms with van der Waals surface area (Å²) in [5, 5.41) is 80.2. The van der Waals surface area contributed by atoms with Crippen molar-refractivity contribution in [1.82, 2.24) is 93.9 Å². The van der Waals surface area contributed by atoms with Crippen LogP contribution in [-0.2, 0) is 139 Å². The lowest BCUT2D eigenvalue weighted by Gasteiger charge is -2.38. The van der Waals surface area contributed by atoms with Crippen LogP contribution >= 0.6 is 22.7 Å². The monoisotopic (exact) mass is 2120 g/mol. The molecule has 3 spiro atoms. The Balaban J connectivity index is 0.980. The van der Waals surface area contributed by atoms with Crippen molar-refractivity contribution in [1.29, 1.82) is 0 Å². The van der Waals surface area contributed by atoms with Crippen LogP contribution in [0.5, 0.6) is 0 Å². The molecule has 18 N–H and O–H groups in total. The number of carboxylic acid groups (broad SMARTS) is 3. The van der Waals surface area contributed by atoms with E-state index in [-0.39, 0.29) is 165 Å². The molecule has 150 heavy (non-hydrogen) atoms. The molecule has 3 aromatic carbocycles. The van der Waals surface area contributed by atoms with Crippen molar-refractivity contribution in [3.63, 3.8) is 0 Å². The van der Waals surface area contributed by atoms with E-state index in [2.05, 4.69) is 79.4 Å². The molecule has 45 nitrogen and oxygen atoms in total. The Morgan fingerprint density at radius 1 is 0.567 bits per heavy atom. The lowest BCUT2D eigenvalue weighted by atomic mass is 9.83. The summed E-state index contributed by atoms with van der Waals surface area (Å²) in [6.07, 6.45) is 1.45. The van der Waals surface area contributed by atoms with Crippen LogP contribution in [0.2, 0.25) is 0 Å². The Morgan fingerprint density at radius 3 is 1.83 bits per heavy atom. The highest BCUT2D eigenvalue weighted by Gasteiger charge is 2.53. The van der Waals surface area contributed by atoms with Crippen molar-refractivity contribution >= 4 is 151 Å². The van der Waals surface area contributed by atoms with Gasteiger partial charge in [0, 0.05) is 56.9 Å². The molecule has 47 heteroatoms. The van der Waals surface area contributed by atoms with Crippen molar-refractivity contribution in [2.75, 3.05) is 32.8 Å². The molecule has 14 atom stereocenters. The fraction of sp³-hybridized carbons (Fsp3) is 0.515. The van der Waals surface area contributed by atoms with Crippen LogP contribution in [-0.4, -0.2) is 280 Å². The van der Waals surface area contributed by atoms with Gasteiger partial charge in [-0.25, -0.2) is 14.4 Å². The Labute approximate surface area is 873 Å². The third-order valence-electron chi connectivity index (χ3n) is 26.7. The largest absolute Gasteiger partial charge is 0.481 e. The molecule has 2 saturated heterocycles. The first-order valence-electron chi connectivity index (χ1n) is 50.0. The van der Waals surface area contributed by atoms with E-state index in [0.29, 0.717) is 28.5 Å². The number of aromatic carboxylic acids is 1. The second kappa shape index (κ2) is 52.8. The van der Waals surface area contributed by atoms with E-state index in [1.54, 1.807) is 110 Å². The number of benzene rings is 3. The summed E-state index contributed by atoms with van der Waals surface area (Å²) in [5.41, 5.74) is -1.94. The number of hydrogen-bond donors (Lipinski definition) is 17. The van der Waals surface area contributed by atoms with Gasteiger partial charge in [0.15, 0.2) is 0 Å². The molecular weight excluding hydrogens is 1980 g/mol. The van der Waals surface area contributed by atoms with Crippen molar-refractivity contribution in [3.05, 3.63) is 165 Å². The first-order valence-corrected chi connectivity index (χ1v) is 51.8.